The van der Waals surface area contributed by atoms with Gasteiger partial charge in [-0.1, -0.05) is 18.6 Å². The van der Waals surface area contributed by atoms with E-state index in [0.29, 0.717) is 17.6 Å². The molecule has 2 bridgehead atoms. The van der Waals surface area contributed by atoms with Crippen molar-refractivity contribution in [2.75, 3.05) is 0 Å². The molecule has 2 fully saturated rings. The maximum atomic E-state index is 13.3. The minimum Gasteiger partial charge on any atom is -0.349 e. The van der Waals surface area contributed by atoms with Crippen LogP contribution in [-0.2, 0) is 6.54 Å². The lowest BCUT2D eigenvalue weighted by Crippen LogP contribution is -2.56. The van der Waals surface area contributed by atoms with Crippen molar-refractivity contribution < 1.29 is 9.18 Å². The molecule has 25 heavy (non-hydrogen) atoms. The minimum atomic E-state index is -0.365. The van der Waals surface area contributed by atoms with E-state index in [1.54, 1.807) is 12.1 Å². The zero-order valence-electron chi connectivity index (χ0n) is 14.2. The van der Waals surface area contributed by atoms with Crippen molar-refractivity contribution in [3.63, 3.8) is 0 Å². The van der Waals surface area contributed by atoms with Gasteiger partial charge in [0.15, 0.2) is 0 Å². The Morgan fingerprint density at radius 2 is 2.00 bits per heavy atom. The van der Waals surface area contributed by atoms with Crippen LogP contribution in [0.2, 0.25) is 0 Å². The average molecular weight is 358 g/mol. The van der Waals surface area contributed by atoms with Crippen molar-refractivity contribution in [3.8, 4) is 0 Å². The molecule has 5 heteroatoms. The van der Waals surface area contributed by atoms with E-state index in [2.05, 4.69) is 27.7 Å². The first kappa shape index (κ1) is 16.7. The maximum Gasteiger partial charge on any atom is 0.251 e. The lowest BCUT2D eigenvalue weighted by molar-refractivity contribution is 0.0184. The van der Waals surface area contributed by atoms with E-state index in [1.807, 2.05) is 11.3 Å². The summed E-state index contributed by atoms with van der Waals surface area (Å²) in [6.45, 7) is 1.03. The summed E-state index contributed by atoms with van der Waals surface area (Å²) in [6.07, 6.45) is 5.66. The van der Waals surface area contributed by atoms with E-state index in [1.165, 1.54) is 36.3 Å². The number of hydrogen-bond acceptors (Lipinski definition) is 3. The summed E-state index contributed by atoms with van der Waals surface area (Å²) in [5, 5.41) is 5.28. The van der Waals surface area contributed by atoms with Crippen LogP contribution in [0, 0.1) is 5.82 Å². The molecule has 0 saturated carbocycles. The van der Waals surface area contributed by atoms with Gasteiger partial charge in [0, 0.05) is 35.1 Å². The van der Waals surface area contributed by atoms with E-state index >= 15 is 0 Å². The second kappa shape index (κ2) is 7.26. The summed E-state index contributed by atoms with van der Waals surface area (Å²) >= 11 is 1.82. The number of hydrogen-bond donors (Lipinski definition) is 1. The van der Waals surface area contributed by atoms with Crippen LogP contribution >= 0.6 is 11.3 Å². The van der Waals surface area contributed by atoms with E-state index in [0.717, 1.165) is 19.4 Å². The Labute approximate surface area is 151 Å². The highest BCUT2D eigenvalue weighted by Gasteiger charge is 2.38. The van der Waals surface area contributed by atoms with Gasteiger partial charge < -0.3 is 5.32 Å². The van der Waals surface area contributed by atoms with Crippen molar-refractivity contribution >= 4 is 17.2 Å². The van der Waals surface area contributed by atoms with Crippen molar-refractivity contribution in [1.29, 1.82) is 0 Å². The molecular formula is C20H23FN2OS. The fourth-order valence-electron chi connectivity index (χ4n) is 4.34. The van der Waals surface area contributed by atoms with Crippen LogP contribution in [0.25, 0.3) is 0 Å². The number of benzene rings is 1. The zero-order chi connectivity index (χ0) is 17.2. The lowest BCUT2D eigenvalue weighted by atomic mass is 9.81. The summed E-state index contributed by atoms with van der Waals surface area (Å²) in [6, 6.07) is 11.5. The van der Waals surface area contributed by atoms with E-state index < -0.39 is 0 Å². The van der Waals surface area contributed by atoms with Crippen LogP contribution in [0.3, 0.4) is 0 Å². The number of thiophene rings is 1. The van der Waals surface area contributed by atoms with Crippen molar-refractivity contribution in [3.05, 3.63) is 58.0 Å². The maximum absolute atomic E-state index is 13.3. The Hall–Kier alpha value is -1.72. The third-order valence-electron chi connectivity index (χ3n) is 5.47. The highest BCUT2D eigenvalue weighted by molar-refractivity contribution is 7.09. The van der Waals surface area contributed by atoms with Gasteiger partial charge in [0.2, 0.25) is 0 Å². The Morgan fingerprint density at radius 1 is 1.20 bits per heavy atom. The fourth-order valence-corrected chi connectivity index (χ4v) is 5.05. The van der Waals surface area contributed by atoms with E-state index in [-0.39, 0.29) is 17.8 Å². The van der Waals surface area contributed by atoms with Gasteiger partial charge in [-0.25, -0.2) is 4.39 Å². The molecule has 0 aliphatic carbocycles. The van der Waals surface area contributed by atoms with E-state index in [4.69, 9.17) is 0 Å². The minimum absolute atomic E-state index is 0.158. The van der Waals surface area contributed by atoms with Crippen LogP contribution < -0.4 is 5.32 Å². The smallest absolute Gasteiger partial charge is 0.251 e. The van der Waals surface area contributed by atoms with Crippen LogP contribution in [0.5, 0.6) is 0 Å². The number of fused-ring (bicyclic) bond motifs is 2. The second-order valence-corrected chi connectivity index (χ2v) is 8.17. The number of piperidine rings is 2. The van der Waals surface area contributed by atoms with Crippen LogP contribution in [0.4, 0.5) is 4.39 Å². The third-order valence-corrected chi connectivity index (χ3v) is 6.33. The van der Waals surface area contributed by atoms with Gasteiger partial charge in [-0.3, -0.25) is 9.69 Å². The summed E-state index contributed by atoms with van der Waals surface area (Å²) in [7, 11) is 0. The van der Waals surface area contributed by atoms with Gasteiger partial charge in [-0.15, -0.1) is 11.3 Å². The molecule has 0 radical (unpaired) electrons. The monoisotopic (exact) mass is 358 g/mol. The number of nitrogens with one attached hydrogen (secondary N) is 1. The molecule has 2 aliphatic heterocycles. The SMILES string of the molecule is O=C(NC1C[C@H]2CCC[C@@H](C1)N2Cc1cccs1)c1cccc(F)c1. The fraction of sp³-hybridized carbons (Fsp3) is 0.450. The van der Waals surface area contributed by atoms with Gasteiger partial charge in [0.25, 0.3) is 5.91 Å². The largest absolute Gasteiger partial charge is 0.349 e. The number of carbonyl (C=O) groups excluding carboxylic acids is 1. The molecular weight excluding hydrogens is 335 g/mol. The third kappa shape index (κ3) is 3.77. The number of rotatable bonds is 4. The zero-order valence-corrected chi connectivity index (χ0v) is 15.0. The quantitative estimate of drug-likeness (QED) is 0.888. The van der Waals surface area contributed by atoms with Gasteiger partial charge in [0.1, 0.15) is 5.82 Å². The number of carbonyl (C=O) groups is 1. The summed E-state index contributed by atoms with van der Waals surface area (Å²) in [5.41, 5.74) is 0.408. The number of nitrogens with zero attached hydrogens (tertiary/aromatic N) is 1. The molecule has 2 aliphatic rings. The summed E-state index contributed by atoms with van der Waals surface area (Å²) in [4.78, 5) is 16.5. The van der Waals surface area contributed by atoms with Crippen molar-refractivity contribution in [2.45, 2.75) is 56.8 Å². The molecule has 3 atom stereocenters. The first-order valence-electron chi connectivity index (χ1n) is 9.03. The average Bonchev–Trinajstić information content (AvgIpc) is 3.08. The first-order valence-corrected chi connectivity index (χ1v) is 9.91. The normalized spacial score (nSPS) is 26.4. The molecule has 1 unspecified atom stereocenters. The van der Waals surface area contributed by atoms with Gasteiger partial charge in [-0.2, -0.15) is 0 Å². The summed E-state index contributed by atoms with van der Waals surface area (Å²) in [5.74, 6) is -0.524. The van der Waals surface area contributed by atoms with E-state index in [9.17, 15) is 9.18 Å². The van der Waals surface area contributed by atoms with Crippen molar-refractivity contribution in [2.24, 2.45) is 0 Å². The molecule has 1 aromatic carbocycles. The van der Waals surface area contributed by atoms with Gasteiger partial charge in [0.05, 0.1) is 0 Å². The highest BCUT2D eigenvalue weighted by Crippen LogP contribution is 2.35. The molecule has 3 heterocycles. The molecule has 1 N–H and O–H groups in total. The molecule has 2 saturated heterocycles. The molecule has 132 valence electrons. The van der Waals surface area contributed by atoms with Crippen LogP contribution in [0.1, 0.15) is 47.3 Å². The van der Waals surface area contributed by atoms with Gasteiger partial charge >= 0.3 is 0 Å². The van der Waals surface area contributed by atoms with Gasteiger partial charge in [-0.05, 0) is 55.3 Å². The molecule has 0 spiro atoms. The molecule has 3 nitrogen and oxygen atoms in total. The Balaban J connectivity index is 1.42. The Kier molecular flexibility index (Phi) is 4.86. The first-order chi connectivity index (χ1) is 12.2. The standard InChI is InChI=1S/C20H23FN2OS/c21-15-5-1-4-14(10-15)20(24)22-16-11-17-6-2-7-18(12-16)23(17)13-19-8-3-9-25-19/h1,3-5,8-10,16-18H,2,6-7,11-13H2,(H,22,24)/t16?,17-,18+. The molecule has 1 amide bonds. The van der Waals surface area contributed by atoms with Crippen LogP contribution in [-0.4, -0.2) is 28.9 Å². The lowest BCUT2D eigenvalue weighted by Gasteiger charge is -2.49. The topological polar surface area (TPSA) is 32.3 Å². The Bertz CT molecular complexity index is 719. The second-order valence-electron chi connectivity index (χ2n) is 7.14. The predicted molar refractivity (Wildman–Crippen MR) is 98.2 cm³/mol. The molecule has 1 aromatic heterocycles. The van der Waals surface area contributed by atoms with Crippen LogP contribution in [0.15, 0.2) is 41.8 Å². The molecule has 2 aromatic rings. The van der Waals surface area contributed by atoms with Crippen molar-refractivity contribution in [1.82, 2.24) is 10.2 Å². The Morgan fingerprint density at radius 3 is 2.68 bits per heavy atom. The number of halogens is 1. The summed E-state index contributed by atoms with van der Waals surface area (Å²) < 4.78 is 13.3. The number of amides is 1. The highest BCUT2D eigenvalue weighted by atomic mass is 32.1. The molecule has 4 rings (SSSR count). The predicted octanol–water partition coefficient (Wildman–Crippen LogP) is 4.20.